The van der Waals surface area contributed by atoms with Gasteiger partial charge in [0.15, 0.2) is 17.3 Å². The molecule has 7 nitrogen and oxygen atoms in total. The zero-order valence-electron chi connectivity index (χ0n) is 19.0. The molecule has 0 unspecified atom stereocenters. The van der Waals surface area contributed by atoms with Gasteiger partial charge in [-0.05, 0) is 60.7 Å². The average molecular weight is 467 g/mol. The van der Waals surface area contributed by atoms with E-state index in [9.17, 15) is 4.79 Å². The van der Waals surface area contributed by atoms with Crippen LogP contribution in [0, 0.1) is 0 Å². The van der Waals surface area contributed by atoms with Crippen molar-refractivity contribution in [1.82, 2.24) is 4.90 Å². The number of nitrogens with zero attached hydrogens (tertiary/aromatic N) is 2. The average Bonchev–Trinajstić information content (AvgIpc) is 3.40. The van der Waals surface area contributed by atoms with E-state index < -0.39 is 0 Å². The van der Waals surface area contributed by atoms with Gasteiger partial charge in [0.1, 0.15) is 5.75 Å². The fraction of sp³-hybridized carbons (Fsp3) is 0.200. The third-order valence-electron chi connectivity index (χ3n) is 4.97. The normalized spacial score (nSPS) is 13.6. The minimum absolute atomic E-state index is 0.222. The molecule has 0 amide bonds. The van der Waals surface area contributed by atoms with Crippen LogP contribution >= 0.6 is 11.8 Å². The van der Waals surface area contributed by atoms with Crippen LogP contribution < -0.4 is 18.9 Å². The van der Waals surface area contributed by atoms with Crippen LogP contribution in [0.3, 0.4) is 0 Å². The van der Waals surface area contributed by atoms with Crippen molar-refractivity contribution in [2.75, 3.05) is 34.3 Å². The van der Waals surface area contributed by atoms with E-state index in [1.165, 1.54) is 27.4 Å². The number of aliphatic imine (C=N–C) groups is 1. The van der Waals surface area contributed by atoms with Crippen LogP contribution in [0.5, 0.6) is 23.0 Å². The molecule has 0 saturated carbocycles. The molecular weight excluding hydrogens is 440 g/mol. The summed E-state index contributed by atoms with van der Waals surface area (Å²) >= 11 is 1.65. The Morgan fingerprint density at radius 2 is 1.64 bits per heavy atom. The van der Waals surface area contributed by atoms with Crippen LogP contribution in [0.1, 0.15) is 15.9 Å². The first-order chi connectivity index (χ1) is 16.1. The number of benzene rings is 2. The fourth-order valence-corrected chi connectivity index (χ4v) is 3.99. The van der Waals surface area contributed by atoms with Crippen LogP contribution in [-0.4, -0.2) is 51.7 Å². The molecule has 0 N–H and O–H groups in total. The van der Waals surface area contributed by atoms with Gasteiger partial charge >= 0.3 is 0 Å². The highest BCUT2D eigenvalue weighted by Gasteiger charge is 2.18. The van der Waals surface area contributed by atoms with Gasteiger partial charge in [0.25, 0.3) is 0 Å². The molecule has 1 aliphatic rings. The molecule has 0 bridgehead atoms. The van der Waals surface area contributed by atoms with E-state index in [0.717, 1.165) is 17.0 Å². The lowest BCUT2D eigenvalue weighted by molar-refractivity contribution is 0.104. The predicted molar refractivity (Wildman–Crippen MR) is 132 cm³/mol. The highest BCUT2D eigenvalue weighted by atomic mass is 32.2. The Hall–Kier alpha value is -3.65. The molecule has 0 spiro atoms. The number of ketones is 1. The fourth-order valence-electron chi connectivity index (χ4n) is 3.29. The van der Waals surface area contributed by atoms with Crippen molar-refractivity contribution in [2.45, 2.75) is 0 Å². The second kappa shape index (κ2) is 11.3. The molecule has 1 aliphatic heterocycles. The lowest BCUT2D eigenvalue weighted by Gasteiger charge is -2.19. The number of carbonyl (C=O) groups is 1. The molecule has 0 aliphatic carbocycles. The number of rotatable bonds is 10. The molecule has 8 heteroatoms. The summed E-state index contributed by atoms with van der Waals surface area (Å²) in [5.41, 5.74) is 2.66. The van der Waals surface area contributed by atoms with E-state index in [-0.39, 0.29) is 5.78 Å². The molecule has 33 heavy (non-hydrogen) atoms. The maximum atomic E-state index is 13.1. The van der Waals surface area contributed by atoms with E-state index in [2.05, 4.69) is 11.7 Å². The zero-order valence-corrected chi connectivity index (χ0v) is 19.8. The van der Waals surface area contributed by atoms with E-state index in [0.29, 0.717) is 34.4 Å². The molecule has 2 aromatic rings. The first-order valence-electron chi connectivity index (χ1n) is 9.99. The van der Waals surface area contributed by atoms with Gasteiger partial charge in [0.2, 0.25) is 5.75 Å². The molecule has 3 rings (SSSR count). The van der Waals surface area contributed by atoms with Gasteiger partial charge in [-0.3, -0.25) is 9.79 Å². The van der Waals surface area contributed by atoms with Crippen molar-refractivity contribution in [3.63, 3.8) is 0 Å². The Morgan fingerprint density at radius 1 is 0.970 bits per heavy atom. The van der Waals surface area contributed by atoms with Crippen LogP contribution in [-0.2, 0) is 0 Å². The van der Waals surface area contributed by atoms with Crippen LogP contribution in [0.25, 0.3) is 5.70 Å². The number of allylic oxidation sites excluding steroid dienone is 2. The van der Waals surface area contributed by atoms with Crippen molar-refractivity contribution >= 4 is 30.0 Å². The van der Waals surface area contributed by atoms with Crippen molar-refractivity contribution in [3.8, 4) is 23.0 Å². The first-order valence-corrected chi connectivity index (χ1v) is 11.0. The lowest BCUT2D eigenvalue weighted by atomic mass is 10.1. The third kappa shape index (κ3) is 5.40. The summed E-state index contributed by atoms with van der Waals surface area (Å²) in [6.07, 6.45) is 5.19. The SMILES string of the molecule is C=N/C(=C(/C=C/C(=O)c1cc(OC)c(OC)c(OC)c1)N1C=CSC1)c1ccc(OC)cc1. The summed E-state index contributed by atoms with van der Waals surface area (Å²) in [5.74, 6) is 2.48. The van der Waals surface area contributed by atoms with Crippen LogP contribution in [0.15, 0.2) is 70.8 Å². The number of hydrogen-bond acceptors (Lipinski definition) is 8. The summed E-state index contributed by atoms with van der Waals surface area (Å²) in [7, 11) is 6.16. The second-order valence-electron chi connectivity index (χ2n) is 6.78. The molecule has 0 saturated heterocycles. The topological polar surface area (TPSA) is 69.6 Å². The van der Waals surface area contributed by atoms with E-state index in [4.69, 9.17) is 18.9 Å². The summed E-state index contributed by atoms with van der Waals surface area (Å²) in [6, 6.07) is 10.8. The molecule has 0 aromatic heterocycles. The van der Waals surface area contributed by atoms with Gasteiger partial charge in [-0.25, -0.2) is 0 Å². The standard InChI is InChI=1S/C25H26N2O5S/c1-26-24(17-6-8-19(29-2)9-7-17)20(27-12-13-33-16-27)10-11-21(28)18-14-22(30-3)25(32-5)23(15-18)31-4/h6-15H,1,16H2,2-5H3/b11-10+,24-20-. The van der Waals surface area contributed by atoms with Crippen molar-refractivity contribution in [2.24, 2.45) is 4.99 Å². The first kappa shape index (κ1) is 24.0. The van der Waals surface area contributed by atoms with E-state index in [1.807, 2.05) is 40.8 Å². The van der Waals surface area contributed by atoms with E-state index >= 15 is 0 Å². The molecule has 0 radical (unpaired) electrons. The zero-order chi connectivity index (χ0) is 23.8. The van der Waals surface area contributed by atoms with Crippen molar-refractivity contribution < 1.29 is 23.7 Å². The van der Waals surface area contributed by atoms with Crippen molar-refractivity contribution in [1.29, 1.82) is 0 Å². The van der Waals surface area contributed by atoms with Gasteiger partial charge in [-0.2, -0.15) is 0 Å². The minimum Gasteiger partial charge on any atom is -0.497 e. The Morgan fingerprint density at radius 3 is 2.12 bits per heavy atom. The molecular formula is C25H26N2O5S. The highest BCUT2D eigenvalue weighted by Crippen LogP contribution is 2.38. The van der Waals surface area contributed by atoms with Crippen LogP contribution in [0.4, 0.5) is 0 Å². The molecule has 0 fully saturated rings. The smallest absolute Gasteiger partial charge is 0.203 e. The van der Waals surface area contributed by atoms with E-state index in [1.54, 1.807) is 37.1 Å². The summed E-state index contributed by atoms with van der Waals surface area (Å²) in [6.45, 7) is 3.76. The Labute approximate surface area is 198 Å². The maximum absolute atomic E-state index is 13.1. The summed E-state index contributed by atoms with van der Waals surface area (Å²) < 4.78 is 21.3. The Kier molecular flexibility index (Phi) is 8.21. The Balaban J connectivity index is 2.02. The van der Waals surface area contributed by atoms with Crippen LogP contribution in [0.2, 0.25) is 0 Å². The number of carbonyl (C=O) groups excluding carboxylic acids is 1. The van der Waals surface area contributed by atoms with Gasteiger partial charge < -0.3 is 23.8 Å². The van der Waals surface area contributed by atoms with Gasteiger partial charge in [-0.1, -0.05) is 0 Å². The summed E-state index contributed by atoms with van der Waals surface area (Å²) in [4.78, 5) is 19.3. The van der Waals surface area contributed by atoms with Gasteiger partial charge in [0.05, 0.1) is 45.7 Å². The maximum Gasteiger partial charge on any atom is 0.203 e. The highest BCUT2D eigenvalue weighted by molar-refractivity contribution is 8.02. The number of hydrogen-bond donors (Lipinski definition) is 0. The van der Waals surface area contributed by atoms with Gasteiger partial charge in [0, 0.05) is 17.3 Å². The Bertz CT molecular complexity index is 1080. The van der Waals surface area contributed by atoms with Gasteiger partial charge in [-0.15, -0.1) is 11.8 Å². The predicted octanol–water partition coefficient (Wildman–Crippen LogP) is 5.01. The monoisotopic (exact) mass is 466 g/mol. The molecule has 172 valence electrons. The summed E-state index contributed by atoms with van der Waals surface area (Å²) in [5, 5.41) is 1.99. The number of thioether (sulfide) groups is 1. The minimum atomic E-state index is -0.222. The third-order valence-corrected chi connectivity index (χ3v) is 5.71. The second-order valence-corrected chi connectivity index (χ2v) is 7.65. The molecule has 1 heterocycles. The number of ether oxygens (including phenoxy) is 4. The van der Waals surface area contributed by atoms with Crippen molar-refractivity contribution in [3.05, 3.63) is 77.0 Å². The molecule has 0 atom stereocenters. The molecule has 2 aromatic carbocycles. The number of methoxy groups -OCH3 is 4. The lowest BCUT2D eigenvalue weighted by Crippen LogP contribution is -2.13. The largest absolute Gasteiger partial charge is 0.497 e. The quantitative estimate of drug-likeness (QED) is 0.211.